The van der Waals surface area contributed by atoms with Crippen LogP contribution in [0.4, 0.5) is 0 Å². The van der Waals surface area contributed by atoms with Crippen LogP contribution in [-0.2, 0) is 16.0 Å². The molecule has 0 aliphatic carbocycles. The van der Waals surface area contributed by atoms with Crippen LogP contribution >= 0.6 is 23.7 Å². The van der Waals surface area contributed by atoms with E-state index in [2.05, 4.69) is 16.3 Å². The maximum Gasteiger partial charge on any atom is 0.231 e. The molecular formula is C19H23ClN2O4S. The quantitative estimate of drug-likeness (QED) is 0.793. The second-order valence-corrected chi connectivity index (χ2v) is 7.37. The smallest absolute Gasteiger partial charge is 0.231 e. The summed E-state index contributed by atoms with van der Waals surface area (Å²) in [5.41, 5.74) is 1.12. The third-order valence-electron chi connectivity index (χ3n) is 4.68. The van der Waals surface area contributed by atoms with Gasteiger partial charge in [-0.2, -0.15) is 0 Å². The summed E-state index contributed by atoms with van der Waals surface area (Å²) >= 11 is 1.61. The van der Waals surface area contributed by atoms with Crippen molar-refractivity contribution in [1.29, 1.82) is 0 Å². The first-order valence-electron chi connectivity index (χ1n) is 8.80. The molecule has 4 rings (SSSR count). The number of carbonyl (C=O) groups is 1. The van der Waals surface area contributed by atoms with E-state index in [0.717, 1.165) is 35.0 Å². The highest BCUT2D eigenvalue weighted by Crippen LogP contribution is 2.35. The van der Waals surface area contributed by atoms with Crippen molar-refractivity contribution < 1.29 is 19.0 Å². The van der Waals surface area contributed by atoms with Gasteiger partial charge in [-0.3, -0.25) is 9.69 Å². The van der Waals surface area contributed by atoms with Crippen LogP contribution in [0.3, 0.4) is 0 Å². The largest absolute Gasteiger partial charge is 0.454 e. The topological polar surface area (TPSA) is 60.0 Å². The van der Waals surface area contributed by atoms with Gasteiger partial charge >= 0.3 is 0 Å². The number of hydrogen-bond donors (Lipinski definition) is 1. The lowest BCUT2D eigenvalue weighted by Gasteiger charge is -2.35. The molecule has 3 heterocycles. The summed E-state index contributed by atoms with van der Waals surface area (Å²) in [6.45, 7) is 3.94. The number of fused-ring (bicyclic) bond motifs is 1. The maximum atomic E-state index is 12.3. The van der Waals surface area contributed by atoms with Crippen LogP contribution in [0.25, 0.3) is 0 Å². The van der Waals surface area contributed by atoms with Crippen molar-refractivity contribution in [1.82, 2.24) is 10.2 Å². The van der Waals surface area contributed by atoms with Gasteiger partial charge in [-0.05, 0) is 29.1 Å². The zero-order chi connectivity index (χ0) is 17.8. The summed E-state index contributed by atoms with van der Waals surface area (Å²) < 4.78 is 16.4. The molecule has 1 fully saturated rings. The summed E-state index contributed by atoms with van der Waals surface area (Å²) in [5, 5.41) is 5.09. The maximum absolute atomic E-state index is 12.3. The van der Waals surface area contributed by atoms with Crippen LogP contribution in [0, 0.1) is 0 Å². The van der Waals surface area contributed by atoms with E-state index in [1.165, 1.54) is 0 Å². The van der Waals surface area contributed by atoms with Gasteiger partial charge in [0.2, 0.25) is 12.7 Å². The molecule has 6 nitrogen and oxygen atoms in total. The highest BCUT2D eigenvalue weighted by atomic mass is 35.5. The monoisotopic (exact) mass is 410 g/mol. The Balaban J connectivity index is 0.00000210. The van der Waals surface area contributed by atoms with E-state index < -0.39 is 0 Å². The molecule has 1 N–H and O–H groups in total. The van der Waals surface area contributed by atoms with Gasteiger partial charge < -0.3 is 19.5 Å². The Morgan fingerprint density at radius 2 is 2.00 bits per heavy atom. The molecule has 1 saturated heterocycles. The average Bonchev–Trinajstić information content (AvgIpc) is 3.34. The highest BCUT2D eigenvalue weighted by Gasteiger charge is 2.25. The van der Waals surface area contributed by atoms with E-state index in [0.29, 0.717) is 26.2 Å². The van der Waals surface area contributed by atoms with Crippen LogP contribution in [0.1, 0.15) is 16.5 Å². The molecule has 2 aromatic rings. The SMILES string of the molecule is Cl.O=C(Cc1cccs1)NCC(c1ccc2c(c1)OCO2)N1CCOCC1. The molecule has 146 valence electrons. The number of halogens is 1. The molecule has 0 spiro atoms. The summed E-state index contributed by atoms with van der Waals surface area (Å²) in [4.78, 5) is 15.8. The Morgan fingerprint density at radius 3 is 2.78 bits per heavy atom. The number of hydrogen-bond acceptors (Lipinski definition) is 6. The zero-order valence-corrected chi connectivity index (χ0v) is 16.5. The molecule has 1 atom stereocenters. The van der Waals surface area contributed by atoms with E-state index in [-0.39, 0.29) is 31.1 Å². The normalized spacial score (nSPS) is 17.2. The molecule has 1 aromatic carbocycles. The predicted molar refractivity (Wildman–Crippen MR) is 106 cm³/mol. The van der Waals surface area contributed by atoms with Gasteiger partial charge in [0.05, 0.1) is 25.7 Å². The third-order valence-corrected chi connectivity index (χ3v) is 5.55. The van der Waals surface area contributed by atoms with Crippen molar-refractivity contribution in [3.8, 4) is 11.5 Å². The molecular weight excluding hydrogens is 388 g/mol. The van der Waals surface area contributed by atoms with E-state index in [4.69, 9.17) is 14.2 Å². The van der Waals surface area contributed by atoms with Gasteiger partial charge in [0.25, 0.3) is 0 Å². The fraction of sp³-hybridized carbons (Fsp3) is 0.421. The summed E-state index contributed by atoms with van der Waals surface area (Å²) in [6, 6.07) is 10.1. The van der Waals surface area contributed by atoms with Gasteiger partial charge in [0.1, 0.15) is 0 Å². The Bertz CT molecular complexity index is 750. The lowest BCUT2D eigenvalue weighted by atomic mass is 10.0. The van der Waals surface area contributed by atoms with Gasteiger partial charge in [-0.15, -0.1) is 23.7 Å². The van der Waals surface area contributed by atoms with Crippen molar-refractivity contribution >= 4 is 29.7 Å². The molecule has 8 heteroatoms. The van der Waals surface area contributed by atoms with Crippen molar-refractivity contribution in [2.45, 2.75) is 12.5 Å². The molecule has 0 saturated carbocycles. The summed E-state index contributed by atoms with van der Waals surface area (Å²) in [7, 11) is 0. The Labute approximate surface area is 168 Å². The Kier molecular flexibility index (Phi) is 6.95. The molecule has 2 aliphatic heterocycles. The predicted octanol–water partition coefficient (Wildman–Crippen LogP) is 2.63. The van der Waals surface area contributed by atoms with Gasteiger partial charge in [-0.1, -0.05) is 12.1 Å². The van der Waals surface area contributed by atoms with E-state index >= 15 is 0 Å². The minimum atomic E-state index is 0. The Hall–Kier alpha value is -1.80. The lowest BCUT2D eigenvalue weighted by Crippen LogP contribution is -2.44. The minimum absolute atomic E-state index is 0. The number of nitrogens with one attached hydrogen (secondary N) is 1. The number of benzene rings is 1. The van der Waals surface area contributed by atoms with E-state index in [9.17, 15) is 4.79 Å². The summed E-state index contributed by atoms with van der Waals surface area (Å²) in [5.74, 6) is 1.59. The number of morpholine rings is 1. The number of ether oxygens (including phenoxy) is 3. The first-order chi connectivity index (χ1) is 12.8. The molecule has 27 heavy (non-hydrogen) atoms. The van der Waals surface area contributed by atoms with Crippen LogP contribution in [0.2, 0.25) is 0 Å². The number of carbonyl (C=O) groups excluding carboxylic acids is 1. The number of thiophene rings is 1. The summed E-state index contributed by atoms with van der Waals surface area (Å²) in [6.07, 6.45) is 0.425. The van der Waals surface area contributed by atoms with Crippen LogP contribution in [0.5, 0.6) is 11.5 Å². The molecule has 0 bridgehead atoms. The van der Waals surface area contributed by atoms with Gasteiger partial charge in [0, 0.05) is 24.5 Å². The van der Waals surface area contributed by atoms with E-state index in [1.54, 1.807) is 11.3 Å². The third kappa shape index (κ3) is 4.93. The van der Waals surface area contributed by atoms with Crippen molar-refractivity contribution in [2.75, 3.05) is 39.6 Å². The Morgan fingerprint density at radius 1 is 1.19 bits per heavy atom. The van der Waals surface area contributed by atoms with Crippen LogP contribution in [-0.4, -0.2) is 50.4 Å². The van der Waals surface area contributed by atoms with Crippen molar-refractivity contribution in [3.05, 3.63) is 46.2 Å². The van der Waals surface area contributed by atoms with E-state index in [1.807, 2.05) is 29.6 Å². The van der Waals surface area contributed by atoms with Crippen LogP contribution < -0.4 is 14.8 Å². The van der Waals surface area contributed by atoms with Gasteiger partial charge in [0.15, 0.2) is 11.5 Å². The second kappa shape index (κ2) is 9.41. The fourth-order valence-corrected chi connectivity index (χ4v) is 4.02. The molecule has 0 radical (unpaired) electrons. The highest BCUT2D eigenvalue weighted by molar-refractivity contribution is 7.10. The number of nitrogens with zero attached hydrogens (tertiary/aromatic N) is 1. The molecule has 1 aromatic heterocycles. The lowest BCUT2D eigenvalue weighted by molar-refractivity contribution is -0.120. The van der Waals surface area contributed by atoms with Crippen molar-refractivity contribution in [3.63, 3.8) is 0 Å². The first kappa shape index (κ1) is 19.9. The minimum Gasteiger partial charge on any atom is -0.454 e. The van der Waals surface area contributed by atoms with Gasteiger partial charge in [-0.25, -0.2) is 0 Å². The number of amides is 1. The van der Waals surface area contributed by atoms with Crippen LogP contribution in [0.15, 0.2) is 35.7 Å². The number of rotatable bonds is 6. The average molecular weight is 411 g/mol. The molecule has 1 unspecified atom stereocenters. The molecule has 1 amide bonds. The van der Waals surface area contributed by atoms with Crippen molar-refractivity contribution in [2.24, 2.45) is 0 Å². The molecule has 2 aliphatic rings. The second-order valence-electron chi connectivity index (χ2n) is 6.34. The fourth-order valence-electron chi connectivity index (χ4n) is 3.31. The standard InChI is InChI=1S/C19H22N2O4S.ClH/c22-19(11-15-2-1-9-26-15)20-12-16(21-5-7-23-8-6-21)14-3-4-17-18(10-14)25-13-24-17;/h1-4,9-10,16H,5-8,11-13H2,(H,20,22);1H. The zero-order valence-electron chi connectivity index (χ0n) is 14.9. The first-order valence-corrected chi connectivity index (χ1v) is 9.68.